The van der Waals surface area contributed by atoms with Gasteiger partial charge in [-0.2, -0.15) is 0 Å². The summed E-state index contributed by atoms with van der Waals surface area (Å²) in [6, 6.07) is 19.6. The van der Waals surface area contributed by atoms with Gasteiger partial charge in [0.25, 0.3) is 0 Å². The highest BCUT2D eigenvalue weighted by Gasteiger charge is 2.22. The van der Waals surface area contributed by atoms with E-state index in [0.29, 0.717) is 24.7 Å². The predicted octanol–water partition coefficient (Wildman–Crippen LogP) is 5.78. The first-order chi connectivity index (χ1) is 14.9. The summed E-state index contributed by atoms with van der Waals surface area (Å²) in [4.78, 5) is 12.3. The molecule has 4 nitrogen and oxygen atoms in total. The number of aromatic nitrogens is 1. The number of halogens is 2. The largest absolute Gasteiger partial charge is 0.477 e. The van der Waals surface area contributed by atoms with Crippen LogP contribution in [0.3, 0.4) is 0 Å². The number of aromatic carboxylic acids is 1. The molecule has 1 aromatic heterocycles. The molecule has 0 aliphatic carbocycles. The second-order valence-corrected chi connectivity index (χ2v) is 7.97. The molecule has 0 unspecified atom stereocenters. The topological polar surface area (TPSA) is 54.3 Å². The van der Waals surface area contributed by atoms with Crippen LogP contribution in [0.15, 0.2) is 66.7 Å². The molecule has 158 valence electrons. The Kier molecular flexibility index (Phi) is 6.07. The van der Waals surface area contributed by atoms with Crippen LogP contribution in [0.1, 0.15) is 32.7 Å². The Balaban J connectivity index is 1.73. The van der Waals surface area contributed by atoms with Crippen LogP contribution in [-0.4, -0.2) is 15.6 Å². The van der Waals surface area contributed by atoms with Gasteiger partial charge in [0.15, 0.2) is 0 Å². The van der Waals surface area contributed by atoms with Crippen molar-refractivity contribution in [2.75, 3.05) is 0 Å². The number of nitrogens with zero attached hydrogens (tertiary/aromatic N) is 1. The van der Waals surface area contributed by atoms with E-state index in [2.05, 4.69) is 5.32 Å². The van der Waals surface area contributed by atoms with E-state index < -0.39 is 5.97 Å². The Hall–Kier alpha value is -3.15. The number of carboxylic acids is 1. The third-order valence-electron chi connectivity index (χ3n) is 5.36. The van der Waals surface area contributed by atoms with E-state index in [9.17, 15) is 14.3 Å². The maximum absolute atomic E-state index is 13.3. The number of rotatable bonds is 7. The monoisotopic (exact) mass is 436 g/mol. The fraction of sp³-hybridized carbons (Fsp3) is 0.160. The van der Waals surface area contributed by atoms with Gasteiger partial charge in [-0.15, -0.1) is 0 Å². The number of fused-ring (bicyclic) bond motifs is 1. The number of aryl methyl sites for hydroxylation is 1. The highest BCUT2D eigenvalue weighted by molar-refractivity contribution is 6.31. The van der Waals surface area contributed by atoms with Gasteiger partial charge in [-0.1, -0.05) is 54.1 Å². The van der Waals surface area contributed by atoms with Crippen LogP contribution in [0.5, 0.6) is 0 Å². The Morgan fingerprint density at radius 1 is 1.06 bits per heavy atom. The van der Waals surface area contributed by atoms with E-state index in [4.69, 9.17) is 11.6 Å². The highest BCUT2D eigenvalue weighted by atomic mass is 35.5. The van der Waals surface area contributed by atoms with E-state index in [-0.39, 0.29) is 11.5 Å². The lowest BCUT2D eigenvalue weighted by Crippen LogP contribution is -2.17. The SMILES string of the molecule is Cc1ccc2c(CNCc3ccccc3Cl)c(C(=O)O)n(Cc3ccc(F)cc3)c2c1. The fourth-order valence-corrected chi connectivity index (χ4v) is 4.06. The average molecular weight is 437 g/mol. The van der Waals surface area contributed by atoms with Crippen LogP contribution >= 0.6 is 11.6 Å². The van der Waals surface area contributed by atoms with Gasteiger partial charge >= 0.3 is 5.97 Å². The molecule has 4 aromatic rings. The zero-order valence-electron chi connectivity index (χ0n) is 17.0. The molecule has 31 heavy (non-hydrogen) atoms. The van der Waals surface area contributed by atoms with E-state index >= 15 is 0 Å². The van der Waals surface area contributed by atoms with Crippen LogP contribution in [0.2, 0.25) is 5.02 Å². The molecule has 0 saturated heterocycles. The molecule has 1 heterocycles. The Bertz CT molecular complexity index is 1250. The van der Waals surface area contributed by atoms with Crippen molar-refractivity contribution < 1.29 is 14.3 Å². The van der Waals surface area contributed by atoms with Crippen molar-refractivity contribution in [2.24, 2.45) is 0 Å². The lowest BCUT2D eigenvalue weighted by molar-refractivity contribution is 0.0684. The molecule has 3 aromatic carbocycles. The van der Waals surface area contributed by atoms with Crippen molar-refractivity contribution in [2.45, 2.75) is 26.6 Å². The second kappa shape index (κ2) is 8.92. The molecule has 0 spiro atoms. The molecule has 0 bridgehead atoms. The first kappa shape index (κ1) is 21.1. The Morgan fingerprint density at radius 3 is 2.52 bits per heavy atom. The number of nitrogens with one attached hydrogen (secondary N) is 1. The van der Waals surface area contributed by atoms with Crippen LogP contribution in [0, 0.1) is 12.7 Å². The van der Waals surface area contributed by atoms with Crippen molar-refractivity contribution in [3.63, 3.8) is 0 Å². The summed E-state index contributed by atoms with van der Waals surface area (Å²) in [7, 11) is 0. The van der Waals surface area contributed by atoms with Gasteiger partial charge in [0, 0.05) is 41.1 Å². The first-order valence-corrected chi connectivity index (χ1v) is 10.4. The summed E-state index contributed by atoms with van der Waals surface area (Å²) in [5.74, 6) is -1.31. The molecular formula is C25H22ClFN2O2. The second-order valence-electron chi connectivity index (χ2n) is 7.56. The lowest BCUT2D eigenvalue weighted by Gasteiger charge is -2.10. The fourth-order valence-electron chi connectivity index (χ4n) is 3.86. The zero-order valence-corrected chi connectivity index (χ0v) is 17.8. The normalized spacial score (nSPS) is 11.2. The summed E-state index contributed by atoms with van der Waals surface area (Å²) < 4.78 is 15.1. The molecule has 0 amide bonds. The number of carbonyl (C=O) groups is 1. The number of hydrogen-bond acceptors (Lipinski definition) is 2. The summed E-state index contributed by atoms with van der Waals surface area (Å²) in [5.41, 5.74) is 4.62. The van der Waals surface area contributed by atoms with E-state index in [1.165, 1.54) is 12.1 Å². The molecule has 0 aliphatic heterocycles. The Morgan fingerprint density at radius 2 is 1.81 bits per heavy atom. The van der Waals surface area contributed by atoms with Gasteiger partial charge in [-0.05, 0) is 47.9 Å². The molecule has 0 fully saturated rings. The van der Waals surface area contributed by atoms with Gasteiger partial charge in [0.1, 0.15) is 11.5 Å². The minimum atomic E-state index is -0.995. The molecule has 0 aliphatic rings. The molecule has 0 saturated carbocycles. The van der Waals surface area contributed by atoms with Crippen molar-refractivity contribution in [1.29, 1.82) is 0 Å². The van der Waals surface area contributed by atoms with Crippen molar-refractivity contribution in [3.05, 3.63) is 106 Å². The van der Waals surface area contributed by atoms with Gasteiger partial charge < -0.3 is 15.0 Å². The van der Waals surface area contributed by atoms with Crippen LogP contribution in [-0.2, 0) is 19.6 Å². The lowest BCUT2D eigenvalue weighted by atomic mass is 10.1. The van der Waals surface area contributed by atoms with Crippen molar-refractivity contribution >= 4 is 28.5 Å². The highest BCUT2D eigenvalue weighted by Crippen LogP contribution is 2.29. The van der Waals surface area contributed by atoms with Gasteiger partial charge in [-0.25, -0.2) is 9.18 Å². The maximum atomic E-state index is 13.3. The third-order valence-corrected chi connectivity index (χ3v) is 5.73. The molecule has 0 radical (unpaired) electrons. The molecular weight excluding hydrogens is 415 g/mol. The minimum Gasteiger partial charge on any atom is -0.477 e. The van der Waals surface area contributed by atoms with Gasteiger partial charge in [0.2, 0.25) is 0 Å². The summed E-state index contributed by atoms with van der Waals surface area (Å²) in [5, 5.41) is 15.0. The molecule has 4 rings (SSSR count). The predicted molar refractivity (Wildman–Crippen MR) is 121 cm³/mol. The van der Waals surface area contributed by atoms with E-state index in [1.807, 2.05) is 49.4 Å². The maximum Gasteiger partial charge on any atom is 0.352 e. The minimum absolute atomic E-state index is 0.233. The molecule has 2 N–H and O–H groups in total. The Labute approximate surface area is 184 Å². The quantitative estimate of drug-likeness (QED) is 0.386. The van der Waals surface area contributed by atoms with E-state index in [1.54, 1.807) is 16.7 Å². The zero-order chi connectivity index (χ0) is 22.0. The van der Waals surface area contributed by atoms with Crippen LogP contribution in [0.25, 0.3) is 10.9 Å². The third kappa shape index (κ3) is 4.48. The summed E-state index contributed by atoms with van der Waals surface area (Å²) >= 11 is 6.24. The number of hydrogen-bond donors (Lipinski definition) is 2. The molecule has 6 heteroatoms. The smallest absolute Gasteiger partial charge is 0.352 e. The number of benzene rings is 3. The van der Waals surface area contributed by atoms with Crippen molar-refractivity contribution in [1.82, 2.24) is 9.88 Å². The average Bonchev–Trinajstić information content (AvgIpc) is 3.04. The van der Waals surface area contributed by atoms with Gasteiger partial charge in [0.05, 0.1) is 0 Å². The standard InChI is InChI=1S/C25H22ClFN2O2/c1-16-6-11-20-21(14-28-13-18-4-2-3-5-22(18)26)24(25(30)31)29(23(20)12-16)15-17-7-9-19(27)10-8-17/h2-12,28H,13-15H2,1H3,(H,30,31). The van der Waals surface area contributed by atoms with Crippen LogP contribution < -0.4 is 5.32 Å². The summed E-state index contributed by atoms with van der Waals surface area (Å²) in [6.07, 6.45) is 0. The van der Waals surface area contributed by atoms with Crippen molar-refractivity contribution in [3.8, 4) is 0 Å². The molecule has 0 atom stereocenters. The van der Waals surface area contributed by atoms with Gasteiger partial charge in [-0.3, -0.25) is 0 Å². The van der Waals surface area contributed by atoms with E-state index in [0.717, 1.165) is 33.2 Å². The number of carboxylic acid groups (broad SMARTS) is 1. The van der Waals surface area contributed by atoms with Crippen LogP contribution in [0.4, 0.5) is 4.39 Å². The first-order valence-electron chi connectivity index (χ1n) is 9.97. The summed E-state index contributed by atoms with van der Waals surface area (Å²) in [6.45, 7) is 3.22.